The van der Waals surface area contributed by atoms with Gasteiger partial charge in [0.05, 0.1) is 48.7 Å². The number of fused-ring (bicyclic) bond motifs is 4. The second kappa shape index (κ2) is 12.2. The van der Waals surface area contributed by atoms with Gasteiger partial charge in [0.15, 0.2) is 0 Å². The van der Waals surface area contributed by atoms with E-state index in [2.05, 4.69) is 0 Å². The number of phenolic OH excluding ortho intramolecular Hbond substituents is 4. The van der Waals surface area contributed by atoms with Crippen molar-refractivity contribution in [2.75, 3.05) is 14.2 Å². The third kappa shape index (κ3) is 5.11. The fourth-order valence-corrected chi connectivity index (χ4v) is 7.62. The molecule has 4 aromatic carbocycles. The standard InChI is InChI=1S/C36H32Cl2O10/c1-13(39)5-15-7-17-25(19-11-23(47-3)31(37)35(45)29(19)33(43)27(17)21(41)9-15)26-18-8-16(6-14(2)40)10-22(42)28(18)34(44)30-20(26)12-24(48-4)32(38)36(30)46/h7-14,25-26,39-42,45-46H,5-6H2,1-4H3/t13-,14-,25-,26-/m0/s1. The van der Waals surface area contributed by atoms with Crippen LogP contribution < -0.4 is 9.47 Å². The molecule has 4 atom stereocenters. The average molecular weight is 696 g/mol. The first kappa shape index (κ1) is 33.4. The summed E-state index contributed by atoms with van der Waals surface area (Å²) in [5.41, 5.74) is 1.23. The van der Waals surface area contributed by atoms with E-state index in [1.807, 2.05) is 0 Å². The number of phenols is 4. The van der Waals surface area contributed by atoms with Gasteiger partial charge in [0, 0.05) is 11.8 Å². The van der Waals surface area contributed by atoms with E-state index in [-0.39, 0.29) is 78.9 Å². The predicted octanol–water partition coefficient (Wildman–Crippen LogP) is 5.73. The number of aliphatic hydroxyl groups excluding tert-OH is 2. The number of hydrogen-bond donors (Lipinski definition) is 6. The van der Waals surface area contributed by atoms with Crippen molar-refractivity contribution in [2.45, 2.75) is 50.7 Å². The third-order valence-corrected chi connectivity index (χ3v) is 9.70. The number of hydrogen-bond acceptors (Lipinski definition) is 10. The maximum atomic E-state index is 14.2. The third-order valence-electron chi connectivity index (χ3n) is 8.97. The molecule has 0 spiro atoms. The quantitative estimate of drug-likeness (QED) is 0.140. The highest BCUT2D eigenvalue weighted by atomic mass is 35.5. The molecule has 0 unspecified atom stereocenters. The first-order valence-electron chi connectivity index (χ1n) is 15.1. The summed E-state index contributed by atoms with van der Waals surface area (Å²) >= 11 is 12.9. The lowest BCUT2D eigenvalue weighted by Crippen LogP contribution is -2.30. The van der Waals surface area contributed by atoms with E-state index in [4.69, 9.17) is 32.7 Å². The summed E-state index contributed by atoms with van der Waals surface area (Å²) in [6.45, 7) is 3.15. The van der Waals surface area contributed by atoms with Gasteiger partial charge in [0.2, 0.25) is 11.6 Å². The zero-order valence-electron chi connectivity index (χ0n) is 26.3. The number of halogens is 2. The molecule has 0 heterocycles. The van der Waals surface area contributed by atoms with Crippen molar-refractivity contribution in [3.05, 3.63) is 102 Å². The number of carbonyl (C=O) groups excluding carboxylic acids is 2. The van der Waals surface area contributed by atoms with Crippen LogP contribution in [0.2, 0.25) is 10.0 Å². The molecule has 12 heteroatoms. The lowest BCUT2D eigenvalue weighted by Gasteiger charge is -2.39. The van der Waals surface area contributed by atoms with Gasteiger partial charge in [0.25, 0.3) is 0 Å². The molecule has 4 aromatic rings. The van der Waals surface area contributed by atoms with Gasteiger partial charge >= 0.3 is 0 Å². The molecule has 0 radical (unpaired) electrons. The van der Waals surface area contributed by atoms with Crippen LogP contribution in [0, 0.1) is 0 Å². The monoisotopic (exact) mass is 694 g/mol. The van der Waals surface area contributed by atoms with Crippen LogP contribution in [0.3, 0.4) is 0 Å². The smallest absolute Gasteiger partial charge is 0.201 e. The number of carbonyl (C=O) groups is 2. The maximum absolute atomic E-state index is 14.2. The van der Waals surface area contributed by atoms with Crippen LogP contribution in [-0.2, 0) is 12.8 Å². The molecule has 6 rings (SSSR count). The second-order valence-corrected chi connectivity index (χ2v) is 13.0. The van der Waals surface area contributed by atoms with Crippen molar-refractivity contribution in [3.63, 3.8) is 0 Å². The van der Waals surface area contributed by atoms with Gasteiger partial charge < -0.3 is 40.1 Å². The number of aliphatic hydroxyl groups is 2. The molecule has 0 fully saturated rings. The Kier molecular flexibility index (Phi) is 8.49. The molecular weight excluding hydrogens is 663 g/mol. The number of ketones is 2. The molecule has 0 aromatic heterocycles. The first-order valence-corrected chi connectivity index (χ1v) is 15.8. The van der Waals surface area contributed by atoms with Crippen molar-refractivity contribution in [1.29, 1.82) is 0 Å². The van der Waals surface area contributed by atoms with Gasteiger partial charge in [-0.05, 0) is 84.3 Å². The summed E-state index contributed by atoms with van der Waals surface area (Å²) in [4.78, 5) is 28.3. The van der Waals surface area contributed by atoms with Crippen molar-refractivity contribution < 1.29 is 49.7 Å². The molecule has 2 aliphatic rings. The summed E-state index contributed by atoms with van der Waals surface area (Å²) in [5.74, 6) is -5.44. The van der Waals surface area contributed by atoms with E-state index in [0.717, 1.165) is 0 Å². The summed E-state index contributed by atoms with van der Waals surface area (Å²) in [6, 6.07) is 9.02. The highest BCUT2D eigenvalue weighted by molar-refractivity contribution is 6.35. The molecule has 0 saturated heterocycles. The molecule has 10 nitrogen and oxygen atoms in total. The summed E-state index contributed by atoms with van der Waals surface area (Å²) < 4.78 is 11.0. The minimum atomic E-state index is -1.03. The molecule has 250 valence electrons. The van der Waals surface area contributed by atoms with E-state index in [0.29, 0.717) is 11.1 Å². The van der Waals surface area contributed by atoms with Crippen LogP contribution in [0.4, 0.5) is 0 Å². The van der Waals surface area contributed by atoms with Crippen LogP contribution in [0.5, 0.6) is 34.5 Å². The van der Waals surface area contributed by atoms with Crippen molar-refractivity contribution >= 4 is 34.8 Å². The fraction of sp³-hybridized carbons (Fsp3) is 0.278. The normalized spacial score (nSPS) is 17.6. The van der Waals surface area contributed by atoms with E-state index in [1.54, 1.807) is 26.0 Å². The van der Waals surface area contributed by atoms with Crippen LogP contribution >= 0.6 is 23.2 Å². The van der Waals surface area contributed by atoms with E-state index in [9.17, 15) is 40.2 Å². The highest BCUT2D eigenvalue weighted by Crippen LogP contribution is 2.59. The number of rotatable bonds is 7. The Morgan fingerprint density at radius 1 is 0.604 bits per heavy atom. The van der Waals surface area contributed by atoms with Crippen LogP contribution in [-0.4, -0.2) is 68.6 Å². The Morgan fingerprint density at radius 2 is 0.938 bits per heavy atom. The second-order valence-electron chi connectivity index (χ2n) is 12.3. The number of ether oxygens (including phenoxy) is 2. The summed E-state index contributed by atoms with van der Waals surface area (Å²) in [7, 11) is 2.67. The molecule has 0 saturated carbocycles. The van der Waals surface area contributed by atoms with Gasteiger partial charge in [-0.15, -0.1) is 0 Å². The van der Waals surface area contributed by atoms with Gasteiger partial charge in [-0.1, -0.05) is 35.3 Å². The Labute approximate surface area is 285 Å². The molecule has 0 amide bonds. The number of aromatic hydroxyl groups is 4. The van der Waals surface area contributed by atoms with Gasteiger partial charge in [0.1, 0.15) is 44.5 Å². The molecule has 0 aliphatic heterocycles. The Hall–Kier alpha value is -4.48. The molecule has 6 N–H and O–H groups in total. The van der Waals surface area contributed by atoms with Gasteiger partial charge in [-0.3, -0.25) is 9.59 Å². The summed E-state index contributed by atoms with van der Waals surface area (Å²) in [6.07, 6.45) is -1.40. The Balaban J connectivity index is 1.81. The zero-order chi connectivity index (χ0) is 34.9. The largest absolute Gasteiger partial charge is 0.507 e. The average Bonchev–Trinajstić information content (AvgIpc) is 3.00. The Bertz CT molecular complexity index is 1890. The van der Waals surface area contributed by atoms with Crippen molar-refractivity contribution in [3.8, 4) is 34.5 Å². The zero-order valence-corrected chi connectivity index (χ0v) is 27.8. The van der Waals surface area contributed by atoms with Crippen LogP contribution in [0.25, 0.3) is 0 Å². The molecular formula is C36H32Cl2O10. The van der Waals surface area contributed by atoms with E-state index in [1.165, 1.54) is 38.5 Å². The van der Waals surface area contributed by atoms with Gasteiger partial charge in [-0.2, -0.15) is 0 Å². The molecule has 48 heavy (non-hydrogen) atoms. The number of benzene rings is 4. The SMILES string of the molecule is COc1cc2c(c(O)c1Cl)C(=O)c1c(O)cc(C[C@H](C)O)cc1[C@@H]2[C@H]1c2cc(C[C@H](C)O)cc(O)c2C(=O)c2c1cc(OC)c(Cl)c2O. The minimum Gasteiger partial charge on any atom is -0.507 e. The van der Waals surface area contributed by atoms with Crippen molar-refractivity contribution in [1.82, 2.24) is 0 Å². The van der Waals surface area contributed by atoms with E-state index < -0.39 is 58.6 Å². The lowest BCUT2D eigenvalue weighted by atomic mass is 9.63. The van der Waals surface area contributed by atoms with Crippen LogP contribution in [0.15, 0.2) is 36.4 Å². The predicted molar refractivity (Wildman–Crippen MR) is 177 cm³/mol. The van der Waals surface area contributed by atoms with Crippen molar-refractivity contribution in [2.24, 2.45) is 0 Å². The molecule has 2 aliphatic carbocycles. The maximum Gasteiger partial charge on any atom is 0.201 e. The topological polar surface area (TPSA) is 174 Å². The Morgan fingerprint density at radius 3 is 1.25 bits per heavy atom. The minimum absolute atomic E-state index is 0.0353. The van der Waals surface area contributed by atoms with E-state index >= 15 is 0 Å². The number of methoxy groups -OCH3 is 2. The lowest BCUT2D eigenvalue weighted by molar-refractivity contribution is 0.101. The fourth-order valence-electron chi connectivity index (χ4n) is 7.17. The first-order chi connectivity index (χ1) is 22.7. The highest BCUT2D eigenvalue weighted by Gasteiger charge is 2.47. The summed E-state index contributed by atoms with van der Waals surface area (Å²) in [5, 5.41) is 65.5. The van der Waals surface area contributed by atoms with Crippen LogP contribution in [0.1, 0.15) is 90.9 Å². The van der Waals surface area contributed by atoms with Gasteiger partial charge in [-0.25, -0.2) is 0 Å². The molecule has 0 bridgehead atoms.